The van der Waals surface area contributed by atoms with Gasteiger partial charge in [0.05, 0.1) is 22.4 Å². The molecule has 2 heterocycles. The van der Waals surface area contributed by atoms with Gasteiger partial charge in [0.25, 0.3) is 5.91 Å². The van der Waals surface area contributed by atoms with Crippen molar-refractivity contribution < 1.29 is 19.7 Å². The van der Waals surface area contributed by atoms with Gasteiger partial charge in [-0.1, -0.05) is 69.5 Å². The number of para-hydroxylation sites is 1. The number of pyridine rings is 1. The second-order valence-corrected chi connectivity index (χ2v) is 12.5. The van der Waals surface area contributed by atoms with E-state index >= 15 is 0 Å². The molecular weight excluding hydrogens is 627 g/mol. The number of nitrogens with one attached hydrogen (secondary N) is 1. The van der Waals surface area contributed by atoms with E-state index in [0.29, 0.717) is 34.5 Å². The van der Waals surface area contributed by atoms with Crippen LogP contribution in [0.1, 0.15) is 48.5 Å². The third-order valence-corrected chi connectivity index (χ3v) is 8.17. The normalized spacial score (nSPS) is 16.4. The van der Waals surface area contributed by atoms with Crippen LogP contribution in [-0.4, -0.2) is 39.4 Å². The number of carbonyl (C=O) groups is 1. The molecule has 1 aliphatic rings. The van der Waals surface area contributed by atoms with E-state index in [-0.39, 0.29) is 23.8 Å². The van der Waals surface area contributed by atoms with Crippen LogP contribution >= 0.6 is 39.1 Å². The minimum Gasteiger partial charge on any atom is -0.507 e. The van der Waals surface area contributed by atoms with Gasteiger partial charge in [0, 0.05) is 32.7 Å². The Morgan fingerprint density at radius 2 is 1.83 bits per heavy atom. The van der Waals surface area contributed by atoms with E-state index in [9.17, 15) is 15.0 Å². The van der Waals surface area contributed by atoms with Crippen molar-refractivity contribution in [2.75, 3.05) is 6.54 Å². The SMILES string of the molecule is CC1(C)CC(CC(O)CNC(=O)c2ccccc2O)c2cc(-c3ccc(Cl)cc3)c(-c3ccc(Br)cc3Cl)nc2O1. The molecule has 5 rings (SSSR count). The topological polar surface area (TPSA) is 91.7 Å². The van der Waals surface area contributed by atoms with E-state index in [0.717, 1.165) is 26.7 Å². The van der Waals surface area contributed by atoms with Gasteiger partial charge in [-0.05, 0) is 80.6 Å². The maximum atomic E-state index is 12.6. The summed E-state index contributed by atoms with van der Waals surface area (Å²) in [5.74, 6) is -0.165. The Balaban J connectivity index is 1.49. The zero-order valence-electron chi connectivity index (χ0n) is 22.5. The van der Waals surface area contributed by atoms with Crippen molar-refractivity contribution in [1.29, 1.82) is 0 Å². The highest BCUT2D eigenvalue weighted by molar-refractivity contribution is 9.10. The molecule has 4 aromatic rings. The number of ether oxygens (including phenoxy) is 1. The van der Waals surface area contributed by atoms with E-state index < -0.39 is 17.6 Å². The van der Waals surface area contributed by atoms with Crippen molar-refractivity contribution in [2.24, 2.45) is 0 Å². The Morgan fingerprint density at radius 1 is 1.10 bits per heavy atom. The highest BCUT2D eigenvalue weighted by Crippen LogP contribution is 2.47. The zero-order chi connectivity index (χ0) is 29.3. The van der Waals surface area contributed by atoms with Crippen LogP contribution in [0.5, 0.6) is 11.6 Å². The van der Waals surface area contributed by atoms with Crippen LogP contribution in [0.2, 0.25) is 10.0 Å². The fraction of sp³-hybridized carbons (Fsp3) is 0.250. The minimum absolute atomic E-state index is 0.0321. The molecule has 3 aromatic carbocycles. The lowest BCUT2D eigenvalue weighted by Crippen LogP contribution is -2.38. The highest BCUT2D eigenvalue weighted by Gasteiger charge is 2.37. The number of hydrogen-bond acceptors (Lipinski definition) is 5. The van der Waals surface area contributed by atoms with Gasteiger partial charge in [-0.2, -0.15) is 0 Å². The molecule has 1 aromatic heterocycles. The van der Waals surface area contributed by atoms with Crippen LogP contribution in [0.3, 0.4) is 0 Å². The quantitative estimate of drug-likeness (QED) is 0.188. The van der Waals surface area contributed by atoms with Gasteiger partial charge in [-0.3, -0.25) is 4.79 Å². The lowest BCUT2D eigenvalue weighted by atomic mass is 9.81. The fourth-order valence-corrected chi connectivity index (χ4v) is 6.11. The van der Waals surface area contributed by atoms with Crippen molar-refractivity contribution in [3.8, 4) is 34.0 Å². The summed E-state index contributed by atoms with van der Waals surface area (Å²) < 4.78 is 7.23. The number of aliphatic hydroxyl groups excluding tert-OH is 1. The summed E-state index contributed by atoms with van der Waals surface area (Å²) in [5.41, 5.74) is 3.71. The molecule has 0 saturated heterocycles. The average Bonchev–Trinajstić information content (AvgIpc) is 2.91. The number of benzene rings is 3. The molecule has 6 nitrogen and oxygen atoms in total. The molecule has 1 amide bonds. The van der Waals surface area contributed by atoms with Crippen LogP contribution in [-0.2, 0) is 0 Å². The molecular formula is C32H29BrCl2N2O4. The number of aliphatic hydroxyl groups is 1. The molecule has 41 heavy (non-hydrogen) atoms. The Bertz CT molecular complexity index is 1590. The molecule has 0 aliphatic carbocycles. The Morgan fingerprint density at radius 3 is 2.54 bits per heavy atom. The first-order valence-electron chi connectivity index (χ1n) is 13.2. The fourth-order valence-electron chi connectivity index (χ4n) is 5.22. The number of phenols is 1. The van der Waals surface area contributed by atoms with E-state index in [1.165, 1.54) is 12.1 Å². The van der Waals surface area contributed by atoms with Crippen molar-refractivity contribution in [3.05, 3.63) is 98.4 Å². The molecule has 3 N–H and O–H groups in total. The number of amides is 1. The Hall–Kier alpha value is -3.10. The van der Waals surface area contributed by atoms with Gasteiger partial charge in [0.15, 0.2) is 0 Å². The van der Waals surface area contributed by atoms with Gasteiger partial charge in [-0.25, -0.2) is 4.98 Å². The Labute approximate surface area is 257 Å². The van der Waals surface area contributed by atoms with Crippen LogP contribution < -0.4 is 10.1 Å². The Kier molecular flexibility index (Phi) is 8.62. The summed E-state index contributed by atoms with van der Waals surface area (Å²) >= 11 is 16.4. The molecule has 0 bridgehead atoms. The van der Waals surface area contributed by atoms with Gasteiger partial charge < -0.3 is 20.3 Å². The van der Waals surface area contributed by atoms with Crippen molar-refractivity contribution in [2.45, 2.75) is 44.3 Å². The molecule has 0 fully saturated rings. The molecule has 0 saturated carbocycles. The highest BCUT2D eigenvalue weighted by atomic mass is 79.9. The monoisotopic (exact) mass is 654 g/mol. The number of nitrogens with zero attached hydrogens (tertiary/aromatic N) is 1. The lowest BCUT2D eigenvalue weighted by Gasteiger charge is -2.38. The smallest absolute Gasteiger partial charge is 0.255 e. The number of carbonyl (C=O) groups excluding carboxylic acids is 1. The summed E-state index contributed by atoms with van der Waals surface area (Å²) in [7, 11) is 0. The van der Waals surface area contributed by atoms with E-state index in [1.54, 1.807) is 12.1 Å². The van der Waals surface area contributed by atoms with Crippen LogP contribution in [0.15, 0.2) is 77.3 Å². The van der Waals surface area contributed by atoms with Gasteiger partial charge in [-0.15, -0.1) is 0 Å². The van der Waals surface area contributed by atoms with Crippen molar-refractivity contribution in [1.82, 2.24) is 10.3 Å². The number of phenolic OH excluding ortho intramolecular Hbond substituents is 1. The molecule has 9 heteroatoms. The zero-order valence-corrected chi connectivity index (χ0v) is 25.6. The molecule has 2 unspecified atom stereocenters. The van der Waals surface area contributed by atoms with E-state index in [4.69, 9.17) is 32.9 Å². The van der Waals surface area contributed by atoms with Gasteiger partial charge in [0.2, 0.25) is 5.88 Å². The third-order valence-electron chi connectivity index (χ3n) is 7.11. The first kappa shape index (κ1) is 29.4. The molecule has 212 valence electrons. The summed E-state index contributed by atoms with van der Waals surface area (Å²) in [5, 5.41) is 24.9. The molecule has 1 aliphatic heterocycles. The predicted molar refractivity (Wildman–Crippen MR) is 166 cm³/mol. The minimum atomic E-state index is -0.837. The van der Waals surface area contributed by atoms with Gasteiger partial charge in [0.1, 0.15) is 11.4 Å². The number of hydrogen-bond donors (Lipinski definition) is 3. The number of rotatable bonds is 7. The molecule has 2 atom stereocenters. The number of fused-ring (bicyclic) bond motifs is 1. The summed E-state index contributed by atoms with van der Waals surface area (Å²) in [6.07, 6.45) is 0.182. The number of aromatic nitrogens is 1. The first-order chi connectivity index (χ1) is 19.5. The third kappa shape index (κ3) is 6.70. The standard InChI is InChI=1S/C32H29BrCl2N2O4/c1-32(2)16-19(13-22(38)17-36-30(40)24-5-3-4-6-28(24)39)26-15-25(18-7-10-21(34)11-8-18)29(37-31(26)41-32)23-12-9-20(33)14-27(23)35/h3-12,14-15,19,22,38-39H,13,16-17H2,1-2H3,(H,36,40). The number of halogens is 3. The largest absolute Gasteiger partial charge is 0.507 e. The summed E-state index contributed by atoms with van der Waals surface area (Å²) in [6, 6.07) is 21.6. The van der Waals surface area contributed by atoms with Gasteiger partial charge >= 0.3 is 0 Å². The maximum Gasteiger partial charge on any atom is 0.255 e. The lowest BCUT2D eigenvalue weighted by molar-refractivity contribution is 0.0523. The summed E-state index contributed by atoms with van der Waals surface area (Å²) in [6.45, 7) is 4.02. The molecule has 0 radical (unpaired) electrons. The van der Waals surface area contributed by atoms with Crippen LogP contribution in [0.25, 0.3) is 22.4 Å². The van der Waals surface area contributed by atoms with Crippen molar-refractivity contribution >= 4 is 45.0 Å². The first-order valence-corrected chi connectivity index (χ1v) is 14.8. The van der Waals surface area contributed by atoms with Crippen LogP contribution in [0, 0.1) is 0 Å². The predicted octanol–water partition coefficient (Wildman–Crippen LogP) is 8.02. The summed E-state index contributed by atoms with van der Waals surface area (Å²) in [4.78, 5) is 17.6. The van der Waals surface area contributed by atoms with Crippen LogP contribution in [0.4, 0.5) is 0 Å². The average molecular weight is 656 g/mol. The second kappa shape index (κ2) is 12.0. The second-order valence-electron chi connectivity index (χ2n) is 10.8. The maximum absolute atomic E-state index is 12.6. The van der Waals surface area contributed by atoms with E-state index in [1.807, 2.05) is 56.3 Å². The number of aromatic hydroxyl groups is 1. The van der Waals surface area contributed by atoms with E-state index in [2.05, 4.69) is 27.3 Å². The molecule has 0 spiro atoms. The van der Waals surface area contributed by atoms with Crippen molar-refractivity contribution in [3.63, 3.8) is 0 Å².